The van der Waals surface area contributed by atoms with Gasteiger partial charge < -0.3 is 5.32 Å². The number of halogens is 3. The van der Waals surface area contributed by atoms with Crippen LogP contribution in [0.4, 0.5) is 5.69 Å². The number of hydrogen-bond donors (Lipinski definition) is 1. The summed E-state index contributed by atoms with van der Waals surface area (Å²) in [6.45, 7) is -0.244. The van der Waals surface area contributed by atoms with Crippen LogP contribution in [0.1, 0.15) is 0 Å². The molecule has 1 aromatic carbocycles. The van der Waals surface area contributed by atoms with Crippen LogP contribution in [0.2, 0.25) is 10.0 Å². The molecule has 0 atom stereocenters. The topological polar surface area (TPSA) is 64.0 Å². The normalized spacial score (nSPS) is 10.3. The Kier molecular flexibility index (Phi) is 4.80. The van der Waals surface area contributed by atoms with E-state index in [2.05, 4.69) is 26.3 Å². The fourth-order valence-corrected chi connectivity index (χ4v) is 1.96. The van der Waals surface area contributed by atoms with Gasteiger partial charge in [-0.1, -0.05) is 39.1 Å². The Labute approximate surface area is 132 Å². The minimum absolute atomic E-state index is 0.0567. The molecule has 0 aliphatic heterocycles. The minimum atomic E-state index is -0.606. The van der Waals surface area contributed by atoms with E-state index in [1.165, 1.54) is 6.20 Å². The lowest BCUT2D eigenvalue weighted by atomic mass is 10.3. The molecule has 0 unspecified atom stereocenters. The molecule has 0 saturated carbocycles. The van der Waals surface area contributed by atoms with E-state index in [0.717, 1.165) is 9.15 Å². The van der Waals surface area contributed by atoms with Crippen LogP contribution in [0.5, 0.6) is 0 Å². The molecule has 0 aliphatic rings. The summed E-state index contributed by atoms with van der Waals surface area (Å²) in [7, 11) is 0. The Morgan fingerprint density at radius 1 is 1.30 bits per heavy atom. The lowest BCUT2D eigenvalue weighted by Gasteiger charge is -2.07. The second-order valence-corrected chi connectivity index (χ2v) is 5.53. The van der Waals surface area contributed by atoms with Gasteiger partial charge in [0.05, 0.1) is 11.2 Å². The third-order valence-electron chi connectivity index (χ3n) is 2.36. The summed E-state index contributed by atoms with van der Waals surface area (Å²) in [4.78, 5) is 23.5. The molecule has 1 amide bonds. The van der Waals surface area contributed by atoms with Crippen molar-refractivity contribution >= 4 is 50.7 Å². The summed E-state index contributed by atoms with van der Waals surface area (Å²) in [5.41, 5.74) is 0.0106. The molecule has 20 heavy (non-hydrogen) atoms. The number of benzene rings is 1. The number of nitrogens with one attached hydrogen (secondary N) is 1. The Morgan fingerprint density at radius 2 is 1.95 bits per heavy atom. The fourth-order valence-electron chi connectivity index (χ4n) is 1.43. The van der Waals surface area contributed by atoms with Gasteiger partial charge in [0, 0.05) is 10.2 Å². The Hall–Kier alpha value is -1.37. The van der Waals surface area contributed by atoms with Crippen molar-refractivity contribution in [1.82, 2.24) is 9.78 Å². The van der Waals surface area contributed by atoms with Gasteiger partial charge in [0.15, 0.2) is 0 Å². The van der Waals surface area contributed by atoms with Gasteiger partial charge >= 0.3 is 0 Å². The van der Waals surface area contributed by atoms with Gasteiger partial charge in [-0.2, -0.15) is 5.10 Å². The van der Waals surface area contributed by atoms with Crippen molar-refractivity contribution in [2.24, 2.45) is 0 Å². The van der Waals surface area contributed by atoms with Gasteiger partial charge in [-0.15, -0.1) is 0 Å². The first-order valence-corrected chi connectivity index (χ1v) is 6.99. The lowest BCUT2D eigenvalue weighted by molar-refractivity contribution is -0.117. The highest BCUT2D eigenvalue weighted by molar-refractivity contribution is 9.10. The maximum Gasteiger partial charge on any atom is 0.287 e. The first kappa shape index (κ1) is 15.0. The van der Waals surface area contributed by atoms with Gasteiger partial charge in [-0.3, -0.25) is 9.59 Å². The number of amides is 1. The monoisotopic (exact) mass is 375 g/mol. The Bertz CT molecular complexity index is 701. The van der Waals surface area contributed by atoms with Crippen LogP contribution in [0.3, 0.4) is 0 Å². The van der Waals surface area contributed by atoms with Crippen molar-refractivity contribution in [2.45, 2.75) is 6.54 Å². The van der Waals surface area contributed by atoms with Crippen LogP contribution >= 0.6 is 39.1 Å². The van der Waals surface area contributed by atoms with Crippen molar-refractivity contribution in [3.8, 4) is 0 Å². The zero-order valence-corrected chi connectivity index (χ0v) is 13.0. The molecule has 104 valence electrons. The molecular formula is C12H8BrCl2N3O2. The predicted octanol–water partition coefficient (Wildman–Crippen LogP) is 2.95. The van der Waals surface area contributed by atoms with E-state index in [1.54, 1.807) is 24.3 Å². The summed E-state index contributed by atoms with van der Waals surface area (Å²) in [6, 6.07) is 7.04. The van der Waals surface area contributed by atoms with Crippen LogP contribution in [0, 0.1) is 0 Å². The SMILES string of the molecule is O=C(Cn1ncc(Cl)c(Cl)c1=O)Nc1ccc(Br)cc1. The summed E-state index contributed by atoms with van der Waals surface area (Å²) in [5.74, 6) is -0.389. The second kappa shape index (κ2) is 6.39. The average Bonchev–Trinajstić information content (AvgIpc) is 2.42. The number of rotatable bonds is 3. The number of carbonyl (C=O) groups is 1. The molecule has 0 aliphatic carbocycles. The zero-order valence-electron chi connectivity index (χ0n) is 9.94. The van der Waals surface area contributed by atoms with Gasteiger partial charge in [-0.25, -0.2) is 4.68 Å². The largest absolute Gasteiger partial charge is 0.324 e. The fraction of sp³-hybridized carbons (Fsp3) is 0.0833. The maximum absolute atomic E-state index is 11.8. The third-order valence-corrected chi connectivity index (χ3v) is 3.64. The first-order chi connectivity index (χ1) is 9.47. The molecule has 2 rings (SSSR count). The summed E-state index contributed by atoms with van der Waals surface area (Å²) >= 11 is 14.7. The highest BCUT2D eigenvalue weighted by atomic mass is 79.9. The van der Waals surface area contributed by atoms with Crippen molar-refractivity contribution in [1.29, 1.82) is 0 Å². The molecule has 0 spiro atoms. The molecule has 0 fully saturated rings. The molecule has 0 bridgehead atoms. The van der Waals surface area contributed by atoms with Crippen LogP contribution in [-0.4, -0.2) is 15.7 Å². The second-order valence-electron chi connectivity index (χ2n) is 3.82. The van der Waals surface area contributed by atoms with E-state index in [4.69, 9.17) is 23.2 Å². The first-order valence-electron chi connectivity index (χ1n) is 5.44. The molecule has 2 aromatic rings. The van der Waals surface area contributed by atoms with Crippen LogP contribution in [0.15, 0.2) is 39.7 Å². The number of hydrogen-bond acceptors (Lipinski definition) is 3. The van der Waals surface area contributed by atoms with E-state index in [0.29, 0.717) is 5.69 Å². The van der Waals surface area contributed by atoms with Crippen molar-refractivity contribution in [3.05, 3.63) is 55.3 Å². The number of anilines is 1. The van der Waals surface area contributed by atoms with E-state index in [1.807, 2.05) is 0 Å². The Morgan fingerprint density at radius 3 is 2.60 bits per heavy atom. The molecule has 0 saturated heterocycles. The number of carbonyl (C=O) groups excluding carboxylic acids is 1. The van der Waals surface area contributed by atoms with E-state index in [-0.39, 0.29) is 22.5 Å². The number of aromatic nitrogens is 2. The number of nitrogens with zero attached hydrogens (tertiary/aromatic N) is 2. The van der Waals surface area contributed by atoms with E-state index in [9.17, 15) is 9.59 Å². The van der Waals surface area contributed by atoms with E-state index < -0.39 is 5.56 Å². The van der Waals surface area contributed by atoms with Gasteiger partial charge in [0.1, 0.15) is 11.6 Å². The standard InChI is InChI=1S/C12H8BrCl2N3O2/c13-7-1-3-8(4-2-7)17-10(19)6-18-12(20)11(15)9(14)5-16-18/h1-5H,6H2,(H,17,19). The van der Waals surface area contributed by atoms with Gasteiger partial charge in [-0.05, 0) is 24.3 Å². The summed E-state index contributed by atoms with van der Waals surface area (Å²) in [5, 5.41) is 6.30. The molecule has 1 N–H and O–H groups in total. The van der Waals surface area contributed by atoms with Gasteiger partial charge in [0.25, 0.3) is 5.56 Å². The molecule has 1 heterocycles. The smallest absolute Gasteiger partial charge is 0.287 e. The van der Waals surface area contributed by atoms with E-state index >= 15 is 0 Å². The highest BCUT2D eigenvalue weighted by Gasteiger charge is 2.10. The molecular weight excluding hydrogens is 369 g/mol. The zero-order chi connectivity index (χ0) is 14.7. The van der Waals surface area contributed by atoms with Crippen molar-refractivity contribution < 1.29 is 4.79 Å². The summed E-state index contributed by atoms with van der Waals surface area (Å²) < 4.78 is 1.85. The predicted molar refractivity (Wildman–Crippen MR) is 81.3 cm³/mol. The average molecular weight is 377 g/mol. The van der Waals surface area contributed by atoms with Crippen molar-refractivity contribution in [3.63, 3.8) is 0 Å². The van der Waals surface area contributed by atoms with Crippen LogP contribution in [-0.2, 0) is 11.3 Å². The maximum atomic E-state index is 11.8. The minimum Gasteiger partial charge on any atom is -0.324 e. The van der Waals surface area contributed by atoms with Crippen molar-refractivity contribution in [2.75, 3.05) is 5.32 Å². The van der Waals surface area contributed by atoms with Crippen LogP contribution < -0.4 is 10.9 Å². The molecule has 0 radical (unpaired) electrons. The molecule has 8 heteroatoms. The molecule has 5 nitrogen and oxygen atoms in total. The third kappa shape index (κ3) is 3.59. The molecule has 1 aromatic heterocycles. The lowest BCUT2D eigenvalue weighted by Crippen LogP contribution is -2.29. The van der Waals surface area contributed by atoms with Crippen LogP contribution in [0.25, 0.3) is 0 Å². The summed E-state index contributed by atoms with van der Waals surface area (Å²) in [6.07, 6.45) is 1.22. The quantitative estimate of drug-likeness (QED) is 0.895. The Balaban J connectivity index is 2.11. The highest BCUT2D eigenvalue weighted by Crippen LogP contribution is 2.15. The van der Waals surface area contributed by atoms with Gasteiger partial charge in [0.2, 0.25) is 5.91 Å².